The molecule has 0 bridgehead atoms. The van der Waals surface area contributed by atoms with Crippen LogP contribution in [0.1, 0.15) is 16.8 Å². The second-order valence-corrected chi connectivity index (χ2v) is 9.01. The zero-order valence-electron chi connectivity index (χ0n) is 17.3. The number of carbonyl (C=O) groups is 1. The third kappa shape index (κ3) is 4.74. The molecule has 0 atom stereocenters. The summed E-state index contributed by atoms with van der Waals surface area (Å²) in [4.78, 5) is 19.6. The van der Waals surface area contributed by atoms with Crippen LogP contribution in [-0.4, -0.2) is 42.2 Å². The third-order valence-electron chi connectivity index (χ3n) is 5.14. The van der Waals surface area contributed by atoms with E-state index in [9.17, 15) is 10.1 Å². The summed E-state index contributed by atoms with van der Waals surface area (Å²) in [6, 6.07) is 11.6. The summed E-state index contributed by atoms with van der Waals surface area (Å²) in [6.45, 7) is 1.70. The van der Waals surface area contributed by atoms with Crippen molar-refractivity contribution in [1.82, 2.24) is 9.88 Å². The van der Waals surface area contributed by atoms with Gasteiger partial charge in [0.25, 0.3) is 0 Å². The van der Waals surface area contributed by atoms with E-state index in [-0.39, 0.29) is 11.7 Å². The fraction of sp³-hybridized carbons (Fsp3) is 0.261. The lowest BCUT2D eigenvalue weighted by Gasteiger charge is -2.27. The monoisotopic (exact) mass is 450 g/mol. The minimum absolute atomic E-state index is 0.143. The Hall–Kier alpha value is -2.86. The van der Waals surface area contributed by atoms with Crippen molar-refractivity contribution >= 4 is 34.7 Å². The first kappa shape index (κ1) is 21.4. The highest BCUT2D eigenvalue weighted by Gasteiger charge is 2.25. The first-order chi connectivity index (χ1) is 15.1. The molecular formula is C23H22N4O2S2. The lowest BCUT2D eigenvalue weighted by Crippen LogP contribution is -2.28. The number of nitriles is 1. The molecule has 1 N–H and O–H groups in total. The number of rotatable bonds is 6. The number of hydrogen-bond donors (Lipinski definition) is 1. The van der Waals surface area contributed by atoms with Crippen molar-refractivity contribution in [3.63, 3.8) is 0 Å². The number of amides is 1. The van der Waals surface area contributed by atoms with Crippen LogP contribution in [0.3, 0.4) is 0 Å². The number of carbonyl (C=O) groups excluding carboxylic acids is 1. The number of hydrogen-bond acceptors (Lipinski definition) is 7. The van der Waals surface area contributed by atoms with E-state index >= 15 is 0 Å². The molecule has 6 nitrogen and oxygen atoms in total. The molecule has 1 amide bonds. The zero-order valence-corrected chi connectivity index (χ0v) is 19.0. The van der Waals surface area contributed by atoms with Crippen LogP contribution in [0.5, 0.6) is 5.75 Å². The fourth-order valence-electron chi connectivity index (χ4n) is 3.61. The number of nitrogens with zero attached hydrogens (tertiary/aromatic N) is 3. The predicted octanol–water partition coefficient (Wildman–Crippen LogP) is 4.41. The van der Waals surface area contributed by atoms with Gasteiger partial charge in [-0.25, -0.2) is 4.98 Å². The molecule has 3 heterocycles. The molecule has 158 valence electrons. The second-order valence-electron chi connectivity index (χ2n) is 7.27. The van der Waals surface area contributed by atoms with Crippen LogP contribution >= 0.6 is 23.1 Å². The van der Waals surface area contributed by atoms with Gasteiger partial charge in [0.2, 0.25) is 5.91 Å². The van der Waals surface area contributed by atoms with Gasteiger partial charge < -0.3 is 15.0 Å². The van der Waals surface area contributed by atoms with Crippen molar-refractivity contribution in [3.8, 4) is 22.9 Å². The number of fused-ring (bicyclic) bond motifs is 1. The summed E-state index contributed by atoms with van der Waals surface area (Å²) in [5.74, 6) is 0.765. The number of nitrogens with one attached hydrogen (secondary N) is 1. The molecule has 3 aromatic rings. The van der Waals surface area contributed by atoms with Gasteiger partial charge in [0, 0.05) is 36.5 Å². The van der Waals surface area contributed by atoms with E-state index in [0.29, 0.717) is 16.3 Å². The van der Waals surface area contributed by atoms with E-state index in [1.807, 2.05) is 11.4 Å². The van der Waals surface area contributed by atoms with E-state index in [0.717, 1.165) is 47.6 Å². The van der Waals surface area contributed by atoms with Crippen molar-refractivity contribution in [2.75, 3.05) is 31.8 Å². The Kier molecular flexibility index (Phi) is 6.56. The van der Waals surface area contributed by atoms with Gasteiger partial charge in [-0.05, 0) is 59.3 Å². The quantitative estimate of drug-likeness (QED) is 0.561. The summed E-state index contributed by atoms with van der Waals surface area (Å²) in [7, 11) is 3.68. The van der Waals surface area contributed by atoms with Crippen LogP contribution in [-0.2, 0) is 17.8 Å². The Morgan fingerprint density at radius 1 is 1.35 bits per heavy atom. The number of pyridine rings is 1. The first-order valence-electron chi connectivity index (χ1n) is 9.82. The second kappa shape index (κ2) is 9.52. The van der Waals surface area contributed by atoms with Crippen LogP contribution in [0.15, 0.2) is 46.1 Å². The topological polar surface area (TPSA) is 78.2 Å². The summed E-state index contributed by atoms with van der Waals surface area (Å²) in [6.07, 6.45) is 0.834. The Morgan fingerprint density at radius 3 is 2.84 bits per heavy atom. The minimum Gasteiger partial charge on any atom is -0.497 e. The molecule has 1 aliphatic heterocycles. The maximum Gasteiger partial charge on any atom is 0.234 e. The SMILES string of the molecule is COc1ccc(NC(=O)CSc2nc3c(c(-c4ccsc4)c2C#N)CN(C)CC3)cc1. The van der Waals surface area contributed by atoms with Crippen LogP contribution in [0, 0.1) is 11.3 Å². The van der Waals surface area contributed by atoms with Gasteiger partial charge in [0.15, 0.2) is 0 Å². The molecule has 0 aliphatic carbocycles. The standard InChI is InChI=1S/C23H22N4O2S2/c1-27-9-7-20-19(12-27)22(15-8-10-30-13-15)18(11-24)23(26-20)31-14-21(28)25-16-3-5-17(29-2)6-4-16/h3-6,8,10,13H,7,9,12,14H2,1-2H3,(H,25,28). The normalized spacial score (nSPS) is 13.3. The predicted molar refractivity (Wildman–Crippen MR) is 125 cm³/mol. The lowest BCUT2D eigenvalue weighted by atomic mass is 9.93. The molecule has 2 aromatic heterocycles. The number of benzene rings is 1. The molecule has 0 saturated heterocycles. The number of thiophene rings is 1. The van der Waals surface area contributed by atoms with Gasteiger partial charge in [-0.1, -0.05) is 11.8 Å². The van der Waals surface area contributed by atoms with Crippen molar-refractivity contribution in [2.45, 2.75) is 18.0 Å². The zero-order chi connectivity index (χ0) is 21.8. The Bertz CT molecular complexity index is 1120. The molecule has 8 heteroatoms. The van der Waals surface area contributed by atoms with Crippen molar-refractivity contribution < 1.29 is 9.53 Å². The average molecular weight is 451 g/mol. The van der Waals surface area contributed by atoms with E-state index in [4.69, 9.17) is 9.72 Å². The highest BCUT2D eigenvalue weighted by Crippen LogP contribution is 2.37. The van der Waals surface area contributed by atoms with Crippen molar-refractivity contribution in [1.29, 1.82) is 5.26 Å². The maximum atomic E-state index is 12.5. The Balaban J connectivity index is 1.59. The largest absolute Gasteiger partial charge is 0.497 e. The molecule has 0 saturated carbocycles. The molecule has 0 unspecified atom stereocenters. The molecule has 31 heavy (non-hydrogen) atoms. The highest BCUT2D eigenvalue weighted by molar-refractivity contribution is 8.00. The third-order valence-corrected chi connectivity index (χ3v) is 6.80. The van der Waals surface area contributed by atoms with E-state index in [2.05, 4.69) is 28.7 Å². The van der Waals surface area contributed by atoms with Crippen molar-refractivity contribution in [2.24, 2.45) is 0 Å². The van der Waals surface area contributed by atoms with Crippen LogP contribution in [0.4, 0.5) is 5.69 Å². The van der Waals surface area contributed by atoms with Gasteiger partial charge in [0.05, 0.1) is 18.4 Å². The summed E-state index contributed by atoms with van der Waals surface area (Å²) in [5.41, 5.74) is 5.40. The number of thioether (sulfide) groups is 1. The molecule has 1 aromatic carbocycles. The van der Waals surface area contributed by atoms with Gasteiger partial charge in [-0.2, -0.15) is 16.6 Å². The fourth-order valence-corrected chi connectivity index (χ4v) is 5.06. The highest BCUT2D eigenvalue weighted by atomic mass is 32.2. The number of methoxy groups -OCH3 is 1. The molecule has 0 fully saturated rings. The van der Waals surface area contributed by atoms with Crippen molar-refractivity contribution in [3.05, 3.63) is 57.9 Å². The van der Waals surface area contributed by atoms with E-state index in [1.165, 1.54) is 11.8 Å². The van der Waals surface area contributed by atoms with E-state index in [1.54, 1.807) is 42.7 Å². The van der Waals surface area contributed by atoms with E-state index < -0.39 is 0 Å². The summed E-state index contributed by atoms with van der Waals surface area (Å²) < 4.78 is 5.14. The molecule has 4 rings (SSSR count). The number of aromatic nitrogens is 1. The summed E-state index contributed by atoms with van der Waals surface area (Å²) >= 11 is 2.92. The first-order valence-corrected chi connectivity index (χ1v) is 11.8. The van der Waals surface area contributed by atoms with Crippen LogP contribution in [0.2, 0.25) is 0 Å². The lowest BCUT2D eigenvalue weighted by molar-refractivity contribution is -0.113. The van der Waals surface area contributed by atoms with Gasteiger partial charge in [-0.15, -0.1) is 0 Å². The van der Waals surface area contributed by atoms with Gasteiger partial charge in [0.1, 0.15) is 16.8 Å². The van der Waals surface area contributed by atoms with Gasteiger partial charge >= 0.3 is 0 Å². The molecule has 1 aliphatic rings. The summed E-state index contributed by atoms with van der Waals surface area (Å²) in [5, 5.41) is 17.6. The van der Waals surface area contributed by atoms with Gasteiger partial charge in [-0.3, -0.25) is 4.79 Å². The number of anilines is 1. The van der Waals surface area contributed by atoms with Crippen LogP contribution < -0.4 is 10.1 Å². The Morgan fingerprint density at radius 2 is 2.16 bits per heavy atom. The molecular weight excluding hydrogens is 428 g/mol. The molecule has 0 radical (unpaired) electrons. The smallest absolute Gasteiger partial charge is 0.234 e. The number of ether oxygens (including phenoxy) is 1. The minimum atomic E-state index is -0.143. The maximum absolute atomic E-state index is 12.5. The number of likely N-dealkylation sites (N-methyl/N-ethyl adjacent to an activating group) is 1. The molecule has 0 spiro atoms. The Labute approximate surface area is 189 Å². The van der Waals surface area contributed by atoms with Crippen LogP contribution in [0.25, 0.3) is 11.1 Å². The average Bonchev–Trinajstić information content (AvgIpc) is 3.31.